The van der Waals surface area contributed by atoms with Crippen molar-refractivity contribution in [3.63, 3.8) is 0 Å². The number of amides is 1. The van der Waals surface area contributed by atoms with E-state index in [0.29, 0.717) is 11.3 Å². The second-order valence-electron chi connectivity index (χ2n) is 5.58. The number of β-lactam (4-membered cyclic amide) rings is 1. The third-order valence-electron chi connectivity index (χ3n) is 3.38. The quantitative estimate of drug-likeness (QED) is 0.215. The van der Waals surface area contributed by atoms with Crippen LogP contribution in [0.2, 0.25) is 0 Å². The van der Waals surface area contributed by atoms with E-state index in [2.05, 4.69) is 10.3 Å². The lowest BCUT2D eigenvalue weighted by atomic mass is 10.0. The molecule has 2 aliphatic rings. The Balaban J connectivity index is 2.12. The third kappa shape index (κ3) is 4.28. The topological polar surface area (TPSA) is 112 Å². The first-order chi connectivity index (χ1) is 11.7. The van der Waals surface area contributed by atoms with Gasteiger partial charge in [-0.3, -0.25) is 14.5 Å². The number of esters is 1. The maximum atomic E-state index is 12.4. The number of hydrogen-bond donors (Lipinski definition) is 2. The van der Waals surface area contributed by atoms with Crippen molar-refractivity contribution in [3.8, 4) is 0 Å². The van der Waals surface area contributed by atoms with Gasteiger partial charge in [-0.15, -0.1) is 11.8 Å². The summed E-state index contributed by atoms with van der Waals surface area (Å²) in [5.41, 5.74) is 0.264. The highest BCUT2D eigenvalue weighted by atomic mass is 32.2. The van der Waals surface area contributed by atoms with E-state index >= 15 is 0 Å². The molecule has 2 atom stereocenters. The number of thioether (sulfide) groups is 1. The normalized spacial score (nSPS) is 22.4. The van der Waals surface area contributed by atoms with E-state index in [9.17, 15) is 19.5 Å². The molecule has 2 rings (SSSR count). The minimum atomic E-state index is -1.23. The summed E-state index contributed by atoms with van der Waals surface area (Å²) in [5.74, 6) is -1.80. The fraction of sp³-hybridized carbons (Fsp3) is 0.500. The first-order valence-corrected chi connectivity index (χ1v) is 8.72. The van der Waals surface area contributed by atoms with E-state index in [0.717, 1.165) is 0 Å². The van der Waals surface area contributed by atoms with E-state index in [-0.39, 0.29) is 17.4 Å². The van der Waals surface area contributed by atoms with Crippen LogP contribution in [0.25, 0.3) is 0 Å². The van der Waals surface area contributed by atoms with Crippen molar-refractivity contribution in [2.24, 2.45) is 4.99 Å². The van der Waals surface area contributed by atoms with Crippen LogP contribution in [0.1, 0.15) is 6.92 Å². The molecule has 0 bridgehead atoms. The van der Waals surface area contributed by atoms with Gasteiger partial charge in [-0.25, -0.2) is 9.79 Å². The highest BCUT2D eigenvalue weighted by Crippen LogP contribution is 2.40. The molecule has 2 N–H and O–H groups in total. The zero-order valence-corrected chi connectivity index (χ0v) is 15.5. The maximum Gasteiger partial charge on any atom is 0.352 e. The van der Waals surface area contributed by atoms with Gasteiger partial charge < -0.3 is 20.1 Å². The van der Waals surface area contributed by atoms with E-state index in [4.69, 9.17) is 17.0 Å². The van der Waals surface area contributed by atoms with Crippen LogP contribution >= 0.6 is 24.0 Å². The molecule has 1 amide bonds. The van der Waals surface area contributed by atoms with Gasteiger partial charge in [0, 0.05) is 32.3 Å². The first-order valence-electron chi connectivity index (χ1n) is 7.26. The van der Waals surface area contributed by atoms with Gasteiger partial charge in [0.1, 0.15) is 23.7 Å². The number of hydrogen-bond acceptors (Lipinski definition) is 6. The number of carboxylic acid groups (broad SMARTS) is 1. The summed E-state index contributed by atoms with van der Waals surface area (Å²) in [6.07, 6.45) is 1.50. The molecule has 0 spiro atoms. The predicted octanol–water partition coefficient (Wildman–Crippen LogP) is -0.364. The van der Waals surface area contributed by atoms with Gasteiger partial charge in [0.25, 0.3) is 5.91 Å². The Labute approximate surface area is 154 Å². The number of carbonyl (C=O) groups excluding carboxylic acids is 2. The smallest absolute Gasteiger partial charge is 0.352 e. The molecule has 9 nitrogen and oxygen atoms in total. The molecule has 0 aromatic heterocycles. The maximum absolute atomic E-state index is 12.4. The molecule has 136 valence electrons. The van der Waals surface area contributed by atoms with E-state index in [1.165, 1.54) is 29.9 Å². The molecular weight excluding hydrogens is 368 g/mol. The molecule has 0 unspecified atom stereocenters. The highest BCUT2D eigenvalue weighted by molar-refractivity contribution is 8.00. The lowest BCUT2D eigenvalue weighted by molar-refractivity contribution is -0.148. The fourth-order valence-electron chi connectivity index (χ4n) is 2.32. The van der Waals surface area contributed by atoms with Gasteiger partial charge >= 0.3 is 11.9 Å². The Bertz CT molecular complexity index is 676. The summed E-state index contributed by atoms with van der Waals surface area (Å²) in [5, 5.41) is 12.0. The van der Waals surface area contributed by atoms with Crippen molar-refractivity contribution >= 4 is 53.3 Å². The zero-order chi connectivity index (χ0) is 18.7. The van der Waals surface area contributed by atoms with Crippen molar-refractivity contribution < 1.29 is 24.2 Å². The molecule has 0 saturated carbocycles. The van der Waals surface area contributed by atoms with Gasteiger partial charge in [0.05, 0.1) is 6.34 Å². The minimum absolute atomic E-state index is 0.129. The summed E-state index contributed by atoms with van der Waals surface area (Å²) in [6, 6.07) is -0.638. The molecule has 25 heavy (non-hydrogen) atoms. The Morgan fingerprint density at radius 2 is 2.24 bits per heavy atom. The molecular formula is C14H18N4O5S2. The van der Waals surface area contributed by atoms with Gasteiger partial charge in [0.15, 0.2) is 5.11 Å². The van der Waals surface area contributed by atoms with Crippen LogP contribution in [0.5, 0.6) is 0 Å². The average Bonchev–Trinajstić information content (AvgIpc) is 2.54. The van der Waals surface area contributed by atoms with Gasteiger partial charge in [0.2, 0.25) is 0 Å². The van der Waals surface area contributed by atoms with Gasteiger partial charge in [-0.2, -0.15) is 0 Å². The Kier molecular flexibility index (Phi) is 6.01. The number of aliphatic imine (C=N–C) groups is 1. The monoisotopic (exact) mass is 386 g/mol. The lowest BCUT2D eigenvalue weighted by Crippen LogP contribution is -2.70. The molecule has 11 heteroatoms. The number of aliphatic carboxylic acids is 1. The van der Waals surface area contributed by atoms with Gasteiger partial charge in [-0.05, 0) is 12.2 Å². The molecule has 2 heterocycles. The number of nitrogens with one attached hydrogen (secondary N) is 1. The van der Waals surface area contributed by atoms with Crippen LogP contribution in [0.4, 0.5) is 0 Å². The number of carboxylic acids is 1. The average molecular weight is 386 g/mol. The summed E-state index contributed by atoms with van der Waals surface area (Å²) in [6.45, 7) is 1.09. The number of thiocarbonyl (C=S) groups is 1. The van der Waals surface area contributed by atoms with Crippen molar-refractivity contribution in [1.29, 1.82) is 0 Å². The third-order valence-corrected chi connectivity index (χ3v) is 4.95. The van der Waals surface area contributed by atoms with Crippen molar-refractivity contribution in [2.75, 3.05) is 26.5 Å². The summed E-state index contributed by atoms with van der Waals surface area (Å²) < 4.78 is 4.88. The fourth-order valence-corrected chi connectivity index (χ4v) is 3.82. The number of fused-ring (bicyclic) bond motifs is 1. The predicted molar refractivity (Wildman–Crippen MR) is 96.1 cm³/mol. The van der Waals surface area contributed by atoms with E-state index in [1.54, 1.807) is 19.0 Å². The number of ether oxygens (including phenoxy) is 1. The van der Waals surface area contributed by atoms with Crippen LogP contribution in [0.15, 0.2) is 16.3 Å². The lowest BCUT2D eigenvalue weighted by Gasteiger charge is -2.49. The minimum Gasteiger partial charge on any atom is -0.477 e. The number of carbonyl (C=O) groups is 3. The van der Waals surface area contributed by atoms with Crippen LogP contribution < -0.4 is 5.32 Å². The Morgan fingerprint density at radius 3 is 2.80 bits per heavy atom. The number of nitrogens with zero attached hydrogens (tertiary/aromatic N) is 3. The zero-order valence-electron chi connectivity index (χ0n) is 13.9. The van der Waals surface area contributed by atoms with Crippen LogP contribution in [0.3, 0.4) is 0 Å². The summed E-state index contributed by atoms with van der Waals surface area (Å²) in [4.78, 5) is 41.8. The summed E-state index contributed by atoms with van der Waals surface area (Å²) >= 11 is 6.45. The second-order valence-corrected chi connectivity index (χ2v) is 7.07. The van der Waals surface area contributed by atoms with Crippen LogP contribution in [-0.2, 0) is 19.1 Å². The largest absolute Gasteiger partial charge is 0.477 e. The SMILES string of the molecule is CC(=O)OCC1=C(C(=O)O)N2C(=O)[C@H](NC(=S)/N=C/N(C)C)[C@@H]2SC1. The molecule has 0 aliphatic carbocycles. The number of rotatable bonds is 5. The van der Waals surface area contributed by atoms with Crippen molar-refractivity contribution in [2.45, 2.75) is 18.3 Å². The Morgan fingerprint density at radius 1 is 1.56 bits per heavy atom. The molecule has 0 aromatic rings. The molecule has 2 aliphatic heterocycles. The molecule has 1 saturated heterocycles. The molecule has 1 fully saturated rings. The van der Waals surface area contributed by atoms with Crippen LogP contribution in [-0.4, -0.2) is 82.1 Å². The van der Waals surface area contributed by atoms with Gasteiger partial charge in [-0.1, -0.05) is 0 Å². The molecule has 0 radical (unpaired) electrons. The van der Waals surface area contributed by atoms with Crippen molar-refractivity contribution in [1.82, 2.24) is 15.1 Å². The van der Waals surface area contributed by atoms with Crippen LogP contribution in [0, 0.1) is 0 Å². The standard InChI is InChI=1S/C14H18N4O5S2/c1-7(19)23-4-8-5-25-12-9(16-14(24)15-6-17(2)3)11(20)18(12)10(8)13(21)22/h6,9,12H,4-5H2,1-3H3,(H,16,24)(H,21,22)/b15-6+/t9-,12-/m0/s1. The van der Waals surface area contributed by atoms with E-state index in [1.807, 2.05) is 0 Å². The molecule has 0 aromatic carbocycles. The van der Waals surface area contributed by atoms with Crippen molar-refractivity contribution in [3.05, 3.63) is 11.3 Å². The first kappa shape index (κ1) is 19.2. The van der Waals surface area contributed by atoms with E-state index < -0.39 is 29.3 Å². The second kappa shape index (κ2) is 7.83. The Hall–Kier alpha value is -2.14. The summed E-state index contributed by atoms with van der Waals surface area (Å²) in [7, 11) is 3.57. The highest BCUT2D eigenvalue weighted by Gasteiger charge is 2.53.